The number of rotatable bonds is 10. The molecule has 2 atom stereocenters. The summed E-state index contributed by atoms with van der Waals surface area (Å²) in [6.45, 7) is 2.33. The number of alkyl halides is 6. The lowest BCUT2D eigenvalue weighted by Crippen LogP contribution is -2.47. The van der Waals surface area contributed by atoms with Crippen molar-refractivity contribution in [3.05, 3.63) is 81.6 Å². The number of carbonyl (C=O) groups excluding carboxylic acids is 3. The molecule has 5 heterocycles. The number of aromatic amines is 1. The molecule has 7 rings (SSSR count). The number of H-pyrrole nitrogens is 1. The summed E-state index contributed by atoms with van der Waals surface area (Å²) in [6.07, 6.45) is 1.98. The summed E-state index contributed by atoms with van der Waals surface area (Å²) in [6, 6.07) is 3.01. The van der Waals surface area contributed by atoms with E-state index in [1.165, 1.54) is 29.0 Å². The standard InChI is InChI=1S/C42H48F6N8O5/c1-53-24-32(31-22-49-52-38(31)40(53)60)27-6-5-26(18-30(20-27)61-42(46,47)48)23-55-14-3-4-29(13-15-55)54(2)37(58)19-25-11-16-56(17-12-25)35-9-7-28(21-33(35)41(43,44)45)50-34-8-10-36(57)51-39(34)59/h5-7,9,20-22,24-25,29,34,50H,3-4,8,10-19,23H2,1-2H3,(H,49,52)(H,51,57,59). The number of benzene rings is 1. The van der Waals surface area contributed by atoms with Crippen LogP contribution in [-0.4, -0.2) is 101 Å². The SMILES string of the molecule is CN(C(=O)CC1CCN(c2ccc(NC3CCC(=O)NC3=O)cc2C(F)(F)F)CC1)C1CCCN(CC2=CC=C(c3cn(C)c(=O)c4[nH]ncc34)C=C(OC(F)(F)F)C2)CC1. The van der Waals surface area contributed by atoms with Crippen molar-refractivity contribution in [3.8, 4) is 0 Å². The van der Waals surface area contributed by atoms with Crippen LogP contribution in [0.2, 0.25) is 0 Å². The van der Waals surface area contributed by atoms with Crippen molar-refractivity contribution in [2.45, 2.75) is 82.4 Å². The van der Waals surface area contributed by atoms with Gasteiger partial charge in [-0.15, -0.1) is 13.2 Å². The lowest BCUT2D eigenvalue weighted by atomic mass is 9.91. The topological polar surface area (TPSA) is 145 Å². The van der Waals surface area contributed by atoms with Crippen molar-refractivity contribution in [2.24, 2.45) is 13.0 Å². The average molecular weight is 859 g/mol. The molecule has 3 N–H and O–H groups in total. The number of fused-ring (bicyclic) bond motifs is 1. The molecule has 0 saturated carbocycles. The van der Waals surface area contributed by atoms with Gasteiger partial charge in [-0.2, -0.15) is 18.3 Å². The van der Waals surface area contributed by atoms with E-state index in [9.17, 15) is 45.5 Å². The molecule has 3 saturated heterocycles. The van der Waals surface area contributed by atoms with Crippen molar-refractivity contribution >= 4 is 45.6 Å². The molecule has 3 aromatic rings. The summed E-state index contributed by atoms with van der Waals surface area (Å²) >= 11 is 0. The molecule has 0 spiro atoms. The summed E-state index contributed by atoms with van der Waals surface area (Å²) < 4.78 is 89.4. The fourth-order valence-electron chi connectivity index (χ4n) is 8.74. The molecule has 3 amide bonds. The van der Waals surface area contributed by atoms with E-state index in [1.807, 2.05) is 0 Å². The minimum absolute atomic E-state index is 0.0112. The number of ether oxygens (including phenoxy) is 1. The summed E-state index contributed by atoms with van der Waals surface area (Å²) in [7, 11) is 3.33. The molecule has 61 heavy (non-hydrogen) atoms. The van der Waals surface area contributed by atoms with Gasteiger partial charge in [0.1, 0.15) is 17.3 Å². The normalized spacial score (nSPS) is 21.2. The van der Waals surface area contributed by atoms with Gasteiger partial charge in [-0.05, 0) is 86.4 Å². The predicted octanol–water partition coefficient (Wildman–Crippen LogP) is 6.25. The summed E-state index contributed by atoms with van der Waals surface area (Å²) in [5.74, 6) is -1.33. The fraction of sp³-hybridized carbons (Fsp3) is 0.500. The Hall–Kier alpha value is -5.59. The Kier molecular flexibility index (Phi) is 12.7. The third-order valence-corrected chi connectivity index (χ3v) is 12.0. The Bertz CT molecular complexity index is 2310. The highest BCUT2D eigenvalue weighted by atomic mass is 19.4. The number of hydrogen-bond acceptors (Lipinski definition) is 9. The van der Waals surface area contributed by atoms with Gasteiger partial charge in [-0.3, -0.25) is 34.5 Å². The van der Waals surface area contributed by atoms with Gasteiger partial charge in [0.15, 0.2) is 0 Å². The maximum atomic E-state index is 14.3. The van der Waals surface area contributed by atoms with Gasteiger partial charge in [-0.25, -0.2) is 0 Å². The number of allylic oxidation sites excluding steroid dienone is 5. The van der Waals surface area contributed by atoms with Crippen LogP contribution in [0, 0.1) is 5.92 Å². The number of aryl methyl sites for hydroxylation is 1. The van der Waals surface area contributed by atoms with Gasteiger partial charge in [0, 0.05) is 94.1 Å². The number of anilines is 2. The first-order chi connectivity index (χ1) is 28.9. The molecule has 0 radical (unpaired) electrons. The van der Waals surface area contributed by atoms with Crippen LogP contribution in [0.1, 0.15) is 68.9 Å². The molecular formula is C42H48F6N8O5. The molecule has 3 fully saturated rings. The molecule has 2 aromatic heterocycles. The highest BCUT2D eigenvalue weighted by Crippen LogP contribution is 2.40. The Morgan fingerprint density at radius 2 is 1.77 bits per heavy atom. The minimum Gasteiger partial charge on any atom is -0.410 e. The zero-order chi connectivity index (χ0) is 43.6. The predicted molar refractivity (Wildman–Crippen MR) is 215 cm³/mol. The lowest BCUT2D eigenvalue weighted by molar-refractivity contribution is -0.306. The number of aromatic nitrogens is 3. The zero-order valence-electron chi connectivity index (χ0n) is 33.8. The number of hydrogen-bond donors (Lipinski definition) is 3. The molecule has 3 aliphatic heterocycles. The van der Waals surface area contributed by atoms with Crippen molar-refractivity contribution in [3.63, 3.8) is 0 Å². The number of nitrogens with zero attached hydrogens (tertiary/aromatic N) is 5. The van der Waals surface area contributed by atoms with Crippen molar-refractivity contribution < 1.29 is 45.5 Å². The first-order valence-electron chi connectivity index (χ1n) is 20.4. The number of likely N-dealkylation sites (tertiary alicyclic amines) is 1. The van der Waals surface area contributed by atoms with E-state index in [1.54, 1.807) is 42.2 Å². The summed E-state index contributed by atoms with van der Waals surface area (Å²) in [4.78, 5) is 55.4. The van der Waals surface area contributed by atoms with E-state index < -0.39 is 36.0 Å². The van der Waals surface area contributed by atoms with Crippen LogP contribution < -0.4 is 21.1 Å². The number of pyridine rings is 1. The highest BCUT2D eigenvalue weighted by Gasteiger charge is 2.38. The van der Waals surface area contributed by atoms with Gasteiger partial charge in [-0.1, -0.05) is 12.2 Å². The van der Waals surface area contributed by atoms with E-state index >= 15 is 0 Å². The molecular weight excluding hydrogens is 811 g/mol. The summed E-state index contributed by atoms with van der Waals surface area (Å²) in [5, 5.41) is 12.1. The first kappa shape index (κ1) is 43.5. The Morgan fingerprint density at radius 1 is 1.00 bits per heavy atom. The van der Waals surface area contributed by atoms with Crippen LogP contribution >= 0.6 is 0 Å². The number of imide groups is 1. The van der Waals surface area contributed by atoms with Gasteiger partial charge >= 0.3 is 12.5 Å². The Morgan fingerprint density at radius 3 is 2.49 bits per heavy atom. The number of amides is 3. The van der Waals surface area contributed by atoms with Gasteiger partial charge in [0.2, 0.25) is 17.7 Å². The molecule has 4 aliphatic rings. The van der Waals surface area contributed by atoms with E-state index in [4.69, 9.17) is 0 Å². The summed E-state index contributed by atoms with van der Waals surface area (Å²) in [5.41, 5.74) is 0.893. The number of halogens is 6. The molecule has 1 aliphatic carbocycles. The fourth-order valence-corrected chi connectivity index (χ4v) is 8.74. The van der Waals surface area contributed by atoms with E-state index in [0.717, 1.165) is 18.9 Å². The maximum Gasteiger partial charge on any atom is 0.572 e. The third kappa shape index (κ3) is 10.5. The Labute approximate surface area is 347 Å². The number of nitrogens with one attached hydrogen (secondary N) is 3. The van der Waals surface area contributed by atoms with E-state index in [2.05, 4.69) is 30.5 Å². The van der Waals surface area contributed by atoms with Crippen LogP contribution in [0.3, 0.4) is 0 Å². The van der Waals surface area contributed by atoms with Crippen molar-refractivity contribution in [1.29, 1.82) is 0 Å². The van der Waals surface area contributed by atoms with Gasteiger partial charge in [0.05, 0.1) is 11.8 Å². The Balaban J connectivity index is 0.938. The maximum absolute atomic E-state index is 14.3. The zero-order valence-corrected chi connectivity index (χ0v) is 33.8. The first-order valence-corrected chi connectivity index (χ1v) is 20.4. The van der Waals surface area contributed by atoms with Gasteiger partial charge in [0.25, 0.3) is 5.56 Å². The van der Waals surface area contributed by atoms with E-state index in [-0.39, 0.29) is 71.8 Å². The van der Waals surface area contributed by atoms with Gasteiger partial charge < -0.3 is 24.4 Å². The van der Waals surface area contributed by atoms with Crippen LogP contribution in [0.5, 0.6) is 0 Å². The molecule has 13 nitrogen and oxygen atoms in total. The molecule has 328 valence electrons. The molecule has 0 bridgehead atoms. The average Bonchev–Trinajstić information content (AvgIpc) is 3.47. The van der Waals surface area contributed by atoms with Crippen LogP contribution in [-0.2, 0) is 32.3 Å². The van der Waals surface area contributed by atoms with Crippen molar-refractivity contribution in [1.82, 2.24) is 29.9 Å². The third-order valence-electron chi connectivity index (χ3n) is 12.0. The molecule has 19 heteroatoms. The molecule has 2 unspecified atom stereocenters. The highest BCUT2D eigenvalue weighted by molar-refractivity contribution is 6.01. The number of carbonyl (C=O) groups is 3. The van der Waals surface area contributed by atoms with Crippen molar-refractivity contribution in [2.75, 3.05) is 50.0 Å². The second-order valence-electron chi connectivity index (χ2n) is 16.3. The second-order valence-corrected chi connectivity index (χ2v) is 16.3. The quantitative estimate of drug-likeness (QED) is 0.159. The van der Waals surface area contributed by atoms with Crippen LogP contribution in [0.4, 0.5) is 37.7 Å². The number of piperidine rings is 2. The smallest absolute Gasteiger partial charge is 0.410 e. The molecule has 1 aromatic carbocycles. The van der Waals surface area contributed by atoms with Crippen LogP contribution in [0.15, 0.2) is 64.9 Å². The second kappa shape index (κ2) is 17.8. The lowest BCUT2D eigenvalue weighted by Gasteiger charge is -2.36. The van der Waals surface area contributed by atoms with Crippen LogP contribution in [0.25, 0.3) is 16.5 Å². The largest absolute Gasteiger partial charge is 0.572 e. The minimum atomic E-state index is -4.91. The monoisotopic (exact) mass is 858 g/mol. The van der Waals surface area contributed by atoms with E-state index in [0.29, 0.717) is 74.1 Å².